The van der Waals surface area contributed by atoms with E-state index in [-0.39, 0.29) is 44.8 Å². The average molecular weight is 815 g/mol. The number of cyclic esters (lactones) is 1. The largest absolute Gasteiger partial charge is 0.459 e. The number of amides is 1. The summed E-state index contributed by atoms with van der Waals surface area (Å²) in [5, 5.41) is 28.5. The van der Waals surface area contributed by atoms with Crippen molar-refractivity contribution >= 4 is 40.2 Å². The predicted octanol–water partition coefficient (Wildman–Crippen LogP) is 4.26. The third-order valence-corrected chi connectivity index (χ3v) is 11.9. The Morgan fingerprint density at radius 1 is 1.09 bits per heavy atom. The van der Waals surface area contributed by atoms with E-state index in [9.17, 15) is 24.6 Å². The minimum atomic E-state index is -1.85. The molecule has 3 aliphatic rings. The third-order valence-electron chi connectivity index (χ3n) is 11.9. The van der Waals surface area contributed by atoms with Crippen LogP contribution < -0.4 is 0 Å². The second kappa shape index (κ2) is 18.7. The SMILES string of the molecule is CC[C@H]1OC(=O)[C@H](C)C(=O)[C@H](C)[C@@H](O[C@@H]2O[C@H](C)C[C@H](N(C)C)[C@H]2O)[C@@]2(C)C[C@@H](C)C(=NC(C)=O)[C@H](C)[C@H](OC/C(=N\OCc3ccc4ncoc4c3)CO2)[C@]1(C)O. The van der Waals surface area contributed by atoms with E-state index in [1.54, 1.807) is 33.8 Å². The van der Waals surface area contributed by atoms with Crippen LogP contribution in [0.3, 0.4) is 0 Å². The summed E-state index contributed by atoms with van der Waals surface area (Å²) in [6.07, 6.45) is -3.75. The molecule has 0 radical (unpaired) electrons. The number of fused-ring (bicyclic) bond motifs is 6. The van der Waals surface area contributed by atoms with Crippen LogP contribution in [-0.2, 0) is 49.5 Å². The zero-order chi connectivity index (χ0) is 42.7. The van der Waals surface area contributed by atoms with Crippen LogP contribution in [0.25, 0.3) is 11.1 Å². The fourth-order valence-electron chi connectivity index (χ4n) is 8.79. The number of ether oxygens (including phenoxy) is 5. The smallest absolute Gasteiger partial charge is 0.316 e. The Hall–Kier alpha value is -3.64. The van der Waals surface area contributed by atoms with Crippen molar-refractivity contribution in [1.29, 1.82) is 0 Å². The second-order valence-electron chi connectivity index (χ2n) is 17.0. The number of likely N-dealkylation sites (N-methyl/N-ethyl adjacent to an activating group) is 1. The number of nitrogens with zero attached hydrogens (tertiary/aromatic N) is 4. The number of aliphatic hydroxyl groups is 2. The molecule has 58 heavy (non-hydrogen) atoms. The molecule has 1 amide bonds. The highest BCUT2D eigenvalue weighted by molar-refractivity contribution is 6.00. The van der Waals surface area contributed by atoms with Crippen LogP contribution in [0, 0.1) is 23.7 Å². The molecule has 1 aromatic carbocycles. The van der Waals surface area contributed by atoms with Gasteiger partial charge < -0.3 is 48.1 Å². The molecule has 3 fully saturated rings. The van der Waals surface area contributed by atoms with Gasteiger partial charge in [0, 0.05) is 30.5 Å². The number of rotatable bonds is 7. The van der Waals surface area contributed by atoms with Crippen LogP contribution in [0.2, 0.25) is 0 Å². The van der Waals surface area contributed by atoms with Gasteiger partial charge in [-0.15, -0.1) is 0 Å². The van der Waals surface area contributed by atoms with Gasteiger partial charge in [-0.2, -0.15) is 0 Å². The molecular formula is C42H62N4O12. The van der Waals surface area contributed by atoms with Crippen LogP contribution in [-0.4, -0.2) is 131 Å². The van der Waals surface area contributed by atoms with Crippen LogP contribution in [0.15, 0.2) is 39.2 Å². The molecule has 16 nitrogen and oxygen atoms in total. The molecule has 0 spiro atoms. The Balaban J connectivity index is 1.66. The molecule has 1 aromatic heterocycles. The molecule has 0 unspecified atom stereocenters. The van der Waals surface area contributed by atoms with Gasteiger partial charge in [0.25, 0.3) is 0 Å². The van der Waals surface area contributed by atoms with Crippen molar-refractivity contribution in [3.8, 4) is 0 Å². The zero-order valence-corrected chi connectivity index (χ0v) is 35.7. The number of benzene rings is 1. The Labute approximate surface area is 340 Å². The zero-order valence-electron chi connectivity index (χ0n) is 35.7. The van der Waals surface area contributed by atoms with Crippen LogP contribution in [0.1, 0.15) is 87.1 Å². The minimum Gasteiger partial charge on any atom is -0.459 e. The van der Waals surface area contributed by atoms with Crippen LogP contribution in [0.4, 0.5) is 0 Å². The Bertz CT molecular complexity index is 1830. The molecule has 2 aromatic rings. The molecule has 16 heteroatoms. The minimum absolute atomic E-state index is 0.0621. The normalized spacial score (nSPS) is 38.6. The number of oxazole rings is 1. The summed E-state index contributed by atoms with van der Waals surface area (Å²) < 4.78 is 37.9. The van der Waals surface area contributed by atoms with Gasteiger partial charge in [0.2, 0.25) is 5.91 Å². The standard InChI is InChI=1S/C42H62N4O12/c1-12-33-42(9,51)38-24(4)34(44-27(7)47)22(2)17-41(8,54-20-29(19-52-38)45-55-18-28-13-14-30-32(16-28)53-21-43-30)37(25(5)35(48)26(6)39(50)57-33)58-40-36(49)31(46(10)11)15-23(3)56-40/h13-14,16,21-26,31,33,36-38,40,49,51H,12,15,17-20H2,1-11H3/b44-34?,45-29+/t22-,23-,24+,25+,26-,31+,33-,36-,37-,38+,40+,41-,42-/m1/s1. The summed E-state index contributed by atoms with van der Waals surface area (Å²) in [5.74, 6) is -5.32. The molecule has 2 N–H and O–H groups in total. The quantitative estimate of drug-likeness (QED) is 0.228. The van der Waals surface area contributed by atoms with E-state index >= 15 is 0 Å². The fraction of sp³-hybridized carbons (Fsp3) is 0.714. The molecule has 13 atom stereocenters. The number of aromatic nitrogens is 1. The van der Waals surface area contributed by atoms with Gasteiger partial charge in [0.15, 0.2) is 24.0 Å². The molecule has 0 saturated carbocycles. The van der Waals surface area contributed by atoms with E-state index in [1.165, 1.54) is 27.2 Å². The summed E-state index contributed by atoms with van der Waals surface area (Å²) in [6.45, 7) is 14.8. The lowest BCUT2D eigenvalue weighted by molar-refractivity contribution is -0.296. The van der Waals surface area contributed by atoms with Gasteiger partial charge in [-0.25, -0.2) is 9.98 Å². The van der Waals surface area contributed by atoms with Gasteiger partial charge in [0.05, 0.1) is 37.1 Å². The first-order valence-corrected chi connectivity index (χ1v) is 20.2. The maximum absolute atomic E-state index is 14.5. The molecule has 4 heterocycles. The lowest BCUT2D eigenvalue weighted by Gasteiger charge is -2.47. The molecule has 3 saturated heterocycles. The molecule has 3 aliphatic heterocycles. The van der Waals surface area contributed by atoms with Crippen molar-refractivity contribution < 1.29 is 57.5 Å². The van der Waals surface area contributed by atoms with Crippen molar-refractivity contribution in [2.24, 2.45) is 33.8 Å². The summed E-state index contributed by atoms with van der Waals surface area (Å²) in [4.78, 5) is 57.6. The van der Waals surface area contributed by atoms with Gasteiger partial charge in [-0.3, -0.25) is 14.4 Å². The van der Waals surface area contributed by atoms with E-state index in [1.807, 2.05) is 45.0 Å². The Morgan fingerprint density at radius 3 is 2.48 bits per heavy atom. The van der Waals surface area contributed by atoms with Crippen molar-refractivity contribution in [3.05, 3.63) is 30.2 Å². The van der Waals surface area contributed by atoms with Crippen molar-refractivity contribution in [3.63, 3.8) is 0 Å². The number of esters is 1. The first-order chi connectivity index (χ1) is 27.3. The van der Waals surface area contributed by atoms with E-state index in [0.717, 1.165) is 5.56 Å². The topological polar surface area (TPSA) is 201 Å². The molecular weight excluding hydrogens is 752 g/mol. The number of aliphatic imine (C=N–C) groups is 1. The fourth-order valence-corrected chi connectivity index (χ4v) is 8.79. The van der Waals surface area contributed by atoms with E-state index in [2.05, 4.69) is 15.1 Å². The van der Waals surface area contributed by atoms with E-state index in [4.69, 9.17) is 32.9 Å². The average Bonchev–Trinajstić information content (AvgIpc) is 3.63. The number of ketones is 1. The summed E-state index contributed by atoms with van der Waals surface area (Å²) in [5.41, 5.74) is -0.493. The molecule has 5 rings (SSSR count). The number of aliphatic hydroxyl groups excluding tert-OH is 1. The maximum Gasteiger partial charge on any atom is 0.316 e. The van der Waals surface area contributed by atoms with Gasteiger partial charge in [0.1, 0.15) is 41.6 Å². The molecule has 0 aliphatic carbocycles. The molecule has 322 valence electrons. The van der Waals surface area contributed by atoms with Gasteiger partial charge in [-0.1, -0.05) is 38.9 Å². The highest BCUT2D eigenvalue weighted by Crippen LogP contribution is 2.40. The second-order valence-corrected chi connectivity index (χ2v) is 17.0. The highest BCUT2D eigenvalue weighted by atomic mass is 16.7. The first kappa shape index (κ1) is 45.4. The summed E-state index contributed by atoms with van der Waals surface area (Å²) >= 11 is 0. The number of carbonyl (C=O) groups is 3. The predicted molar refractivity (Wildman–Crippen MR) is 213 cm³/mol. The number of hydrogen-bond acceptors (Lipinski definition) is 15. The van der Waals surface area contributed by atoms with Crippen molar-refractivity contribution in [2.45, 2.75) is 142 Å². The number of Topliss-reactive ketones (excluding diaryl/α,β-unsaturated/α-hetero) is 1. The molecule has 2 bridgehead atoms. The van der Waals surface area contributed by atoms with E-state index in [0.29, 0.717) is 28.9 Å². The lowest BCUT2D eigenvalue weighted by Crippen LogP contribution is -2.60. The van der Waals surface area contributed by atoms with Crippen molar-refractivity contribution in [1.82, 2.24) is 9.88 Å². The number of hydrogen-bond donors (Lipinski definition) is 2. The lowest BCUT2D eigenvalue weighted by atomic mass is 9.73. The third kappa shape index (κ3) is 10.0. The van der Waals surface area contributed by atoms with Gasteiger partial charge in [-0.05, 0) is 84.7 Å². The van der Waals surface area contributed by atoms with Crippen molar-refractivity contribution in [2.75, 3.05) is 27.3 Å². The number of carbonyl (C=O) groups excluding carboxylic acids is 3. The Kier molecular flexibility index (Phi) is 14.7. The summed E-state index contributed by atoms with van der Waals surface area (Å²) in [7, 11) is 3.73. The maximum atomic E-state index is 14.5. The van der Waals surface area contributed by atoms with E-state index < -0.39 is 83.2 Å². The van der Waals surface area contributed by atoms with Gasteiger partial charge >= 0.3 is 5.97 Å². The summed E-state index contributed by atoms with van der Waals surface area (Å²) in [6, 6.07) is 5.13. The Morgan fingerprint density at radius 2 is 1.81 bits per heavy atom. The van der Waals surface area contributed by atoms with Crippen LogP contribution >= 0.6 is 0 Å². The number of oxime groups is 1. The van der Waals surface area contributed by atoms with Crippen LogP contribution in [0.5, 0.6) is 0 Å². The monoisotopic (exact) mass is 814 g/mol. The first-order valence-electron chi connectivity index (χ1n) is 20.2. The highest BCUT2D eigenvalue weighted by Gasteiger charge is 2.53.